The summed E-state index contributed by atoms with van der Waals surface area (Å²) in [7, 11) is 3.69. The van der Waals surface area contributed by atoms with Crippen molar-refractivity contribution in [2.45, 2.75) is 13.5 Å². The molecule has 0 unspecified atom stereocenters. The largest absolute Gasteiger partial charge is 0.383 e. The first-order chi connectivity index (χ1) is 10.2. The first-order valence-electron chi connectivity index (χ1n) is 7.02. The van der Waals surface area contributed by atoms with Gasteiger partial charge in [-0.05, 0) is 12.5 Å². The van der Waals surface area contributed by atoms with E-state index in [1.807, 2.05) is 43.1 Å². The highest BCUT2D eigenvalue weighted by molar-refractivity contribution is 5.43. The van der Waals surface area contributed by atoms with Gasteiger partial charge in [0, 0.05) is 39.0 Å². The van der Waals surface area contributed by atoms with Gasteiger partial charge < -0.3 is 15.0 Å². The average Bonchev–Trinajstić information content (AvgIpc) is 2.48. The van der Waals surface area contributed by atoms with Crippen LogP contribution in [0, 0.1) is 6.92 Å². The summed E-state index contributed by atoms with van der Waals surface area (Å²) in [6.45, 7) is 4.14. The number of nitrogens with one attached hydrogen (secondary N) is 1. The van der Waals surface area contributed by atoms with Crippen molar-refractivity contribution in [1.82, 2.24) is 9.97 Å². The Kier molecular flexibility index (Phi) is 5.51. The van der Waals surface area contributed by atoms with E-state index in [0.717, 1.165) is 30.5 Å². The number of benzene rings is 1. The summed E-state index contributed by atoms with van der Waals surface area (Å²) in [6.07, 6.45) is 0. The third-order valence-corrected chi connectivity index (χ3v) is 3.06. The molecule has 1 aromatic heterocycles. The van der Waals surface area contributed by atoms with Gasteiger partial charge in [0.15, 0.2) is 0 Å². The highest BCUT2D eigenvalue weighted by Gasteiger charge is 2.08. The third kappa shape index (κ3) is 4.72. The fraction of sp³-hybridized carbons (Fsp3) is 0.375. The lowest BCUT2D eigenvalue weighted by Crippen LogP contribution is -2.20. The van der Waals surface area contributed by atoms with Gasteiger partial charge in [-0.15, -0.1) is 0 Å². The molecular formula is C16H22N4O. The van der Waals surface area contributed by atoms with E-state index >= 15 is 0 Å². The Morgan fingerprint density at radius 1 is 1.19 bits per heavy atom. The second-order valence-corrected chi connectivity index (χ2v) is 4.96. The van der Waals surface area contributed by atoms with E-state index in [1.54, 1.807) is 7.11 Å². The Balaban J connectivity index is 2.07. The van der Waals surface area contributed by atoms with E-state index < -0.39 is 0 Å². The summed E-state index contributed by atoms with van der Waals surface area (Å²) in [4.78, 5) is 11.1. The zero-order chi connectivity index (χ0) is 15.1. The van der Waals surface area contributed by atoms with E-state index in [9.17, 15) is 0 Å². The van der Waals surface area contributed by atoms with Crippen LogP contribution in [0.5, 0.6) is 0 Å². The summed E-state index contributed by atoms with van der Waals surface area (Å²) >= 11 is 0. The van der Waals surface area contributed by atoms with E-state index in [1.165, 1.54) is 5.56 Å². The SMILES string of the molecule is COCCNc1cc(C)nc(N(C)Cc2ccccc2)n1. The number of aryl methyl sites for hydroxylation is 1. The van der Waals surface area contributed by atoms with Gasteiger partial charge in [-0.25, -0.2) is 4.98 Å². The van der Waals surface area contributed by atoms with Crippen molar-refractivity contribution in [3.8, 4) is 0 Å². The molecule has 0 aliphatic heterocycles. The minimum atomic E-state index is 0.651. The standard InChI is InChI=1S/C16H22N4O/c1-13-11-15(17-9-10-21-3)19-16(18-13)20(2)12-14-7-5-4-6-8-14/h4-8,11H,9-10,12H2,1-3H3,(H,17,18,19). The van der Waals surface area contributed by atoms with E-state index in [2.05, 4.69) is 27.4 Å². The fourth-order valence-corrected chi connectivity index (χ4v) is 2.02. The lowest BCUT2D eigenvalue weighted by atomic mass is 10.2. The molecule has 0 aliphatic carbocycles. The predicted molar refractivity (Wildman–Crippen MR) is 85.7 cm³/mol. The molecule has 1 heterocycles. The summed E-state index contributed by atoms with van der Waals surface area (Å²) < 4.78 is 5.03. The van der Waals surface area contributed by atoms with Crippen LogP contribution in [0.4, 0.5) is 11.8 Å². The maximum Gasteiger partial charge on any atom is 0.227 e. The maximum absolute atomic E-state index is 5.03. The molecule has 0 saturated heterocycles. The molecule has 0 atom stereocenters. The predicted octanol–water partition coefficient (Wildman–Crippen LogP) is 2.48. The minimum Gasteiger partial charge on any atom is -0.383 e. The first-order valence-corrected chi connectivity index (χ1v) is 7.02. The van der Waals surface area contributed by atoms with Crippen molar-refractivity contribution in [3.05, 3.63) is 47.7 Å². The van der Waals surface area contributed by atoms with Gasteiger partial charge in [0.05, 0.1) is 6.61 Å². The summed E-state index contributed by atoms with van der Waals surface area (Å²) in [5, 5.41) is 3.24. The highest BCUT2D eigenvalue weighted by atomic mass is 16.5. The number of ether oxygens (including phenoxy) is 1. The molecule has 5 heteroatoms. The molecule has 0 spiro atoms. The molecule has 0 saturated carbocycles. The molecule has 5 nitrogen and oxygen atoms in total. The lowest BCUT2D eigenvalue weighted by Gasteiger charge is -2.18. The van der Waals surface area contributed by atoms with Crippen LogP contribution < -0.4 is 10.2 Å². The number of methoxy groups -OCH3 is 1. The molecule has 1 N–H and O–H groups in total. The van der Waals surface area contributed by atoms with Crippen molar-refractivity contribution in [2.75, 3.05) is 37.5 Å². The van der Waals surface area contributed by atoms with Gasteiger partial charge in [0.2, 0.25) is 5.95 Å². The minimum absolute atomic E-state index is 0.651. The van der Waals surface area contributed by atoms with Crippen LogP contribution in [0.25, 0.3) is 0 Å². The normalized spacial score (nSPS) is 10.4. The molecule has 2 rings (SSSR count). The lowest BCUT2D eigenvalue weighted by molar-refractivity contribution is 0.210. The van der Waals surface area contributed by atoms with Crippen molar-refractivity contribution < 1.29 is 4.74 Å². The number of anilines is 2. The highest BCUT2D eigenvalue weighted by Crippen LogP contribution is 2.14. The van der Waals surface area contributed by atoms with Crippen molar-refractivity contribution in [2.24, 2.45) is 0 Å². The zero-order valence-electron chi connectivity index (χ0n) is 12.8. The Hall–Kier alpha value is -2.14. The number of aromatic nitrogens is 2. The summed E-state index contributed by atoms with van der Waals surface area (Å²) in [5.41, 5.74) is 2.18. The molecule has 0 bridgehead atoms. The molecule has 0 aliphatic rings. The van der Waals surface area contributed by atoms with Gasteiger partial charge in [-0.3, -0.25) is 0 Å². The van der Waals surface area contributed by atoms with E-state index in [-0.39, 0.29) is 0 Å². The van der Waals surface area contributed by atoms with E-state index in [4.69, 9.17) is 4.74 Å². The Morgan fingerprint density at radius 3 is 2.67 bits per heavy atom. The number of nitrogens with zero attached hydrogens (tertiary/aromatic N) is 3. The second kappa shape index (κ2) is 7.59. The molecule has 1 aromatic carbocycles. The van der Waals surface area contributed by atoms with Gasteiger partial charge in [0.25, 0.3) is 0 Å². The Labute approximate surface area is 126 Å². The van der Waals surface area contributed by atoms with Crippen LogP contribution in [0.15, 0.2) is 36.4 Å². The third-order valence-electron chi connectivity index (χ3n) is 3.06. The molecule has 112 valence electrons. The molecule has 0 amide bonds. The first kappa shape index (κ1) is 15.3. The molecule has 2 aromatic rings. The Bertz CT molecular complexity index is 559. The Morgan fingerprint density at radius 2 is 1.95 bits per heavy atom. The van der Waals surface area contributed by atoms with Crippen LogP contribution in [0.1, 0.15) is 11.3 Å². The topological polar surface area (TPSA) is 50.3 Å². The molecule has 0 radical (unpaired) electrons. The van der Waals surface area contributed by atoms with Gasteiger partial charge in [-0.1, -0.05) is 30.3 Å². The van der Waals surface area contributed by atoms with Gasteiger partial charge in [0.1, 0.15) is 5.82 Å². The van der Waals surface area contributed by atoms with Crippen molar-refractivity contribution in [3.63, 3.8) is 0 Å². The van der Waals surface area contributed by atoms with Gasteiger partial charge >= 0.3 is 0 Å². The number of rotatable bonds is 7. The van der Waals surface area contributed by atoms with Crippen LogP contribution in [0.2, 0.25) is 0 Å². The van der Waals surface area contributed by atoms with Crippen LogP contribution in [0.3, 0.4) is 0 Å². The molecule has 21 heavy (non-hydrogen) atoms. The van der Waals surface area contributed by atoms with E-state index in [0.29, 0.717) is 6.61 Å². The summed E-state index contributed by atoms with van der Waals surface area (Å²) in [5.74, 6) is 1.55. The maximum atomic E-state index is 5.03. The van der Waals surface area contributed by atoms with Crippen LogP contribution in [-0.4, -0.2) is 37.3 Å². The fourth-order valence-electron chi connectivity index (χ4n) is 2.02. The monoisotopic (exact) mass is 286 g/mol. The van der Waals surface area contributed by atoms with Crippen LogP contribution in [-0.2, 0) is 11.3 Å². The summed E-state index contributed by atoms with van der Waals surface area (Å²) in [6, 6.07) is 12.2. The zero-order valence-corrected chi connectivity index (χ0v) is 12.8. The van der Waals surface area contributed by atoms with Crippen molar-refractivity contribution in [1.29, 1.82) is 0 Å². The molecule has 0 fully saturated rings. The number of hydrogen-bond donors (Lipinski definition) is 1. The quantitative estimate of drug-likeness (QED) is 0.792. The van der Waals surface area contributed by atoms with Crippen LogP contribution >= 0.6 is 0 Å². The smallest absolute Gasteiger partial charge is 0.227 e. The molecular weight excluding hydrogens is 264 g/mol. The van der Waals surface area contributed by atoms with Crippen molar-refractivity contribution >= 4 is 11.8 Å². The number of hydrogen-bond acceptors (Lipinski definition) is 5. The average molecular weight is 286 g/mol. The second-order valence-electron chi connectivity index (χ2n) is 4.96. The van der Waals surface area contributed by atoms with Gasteiger partial charge in [-0.2, -0.15) is 4.98 Å².